The first-order chi connectivity index (χ1) is 14.6. The van der Waals surface area contributed by atoms with Crippen LogP contribution >= 0.6 is 0 Å². The molecule has 30 heavy (non-hydrogen) atoms. The monoisotopic (exact) mass is 428 g/mol. The molecule has 1 fully saturated rings. The molecular formula is C25H48O5. The molecule has 0 bridgehead atoms. The normalized spacial score (nSPS) is 21.2. The molecule has 1 saturated heterocycles. The number of carbonyl (C=O) groups excluding carboxylic acids is 1. The predicted octanol–water partition coefficient (Wildman–Crippen LogP) is 6.57. The predicted molar refractivity (Wildman–Crippen MR) is 122 cm³/mol. The van der Waals surface area contributed by atoms with Crippen molar-refractivity contribution in [3.05, 3.63) is 0 Å². The Balaban J connectivity index is 1.83. The maximum Gasteiger partial charge on any atom is 0.311 e. The maximum atomic E-state index is 11.6. The van der Waals surface area contributed by atoms with Crippen molar-refractivity contribution in [3.8, 4) is 0 Å². The SMILES string of the molecule is CCCCCCCCCCCCCCCCOCC1COC(C)(CC(=O)OCC)O1. The lowest BCUT2D eigenvalue weighted by atomic mass is 10.0. The molecule has 0 radical (unpaired) electrons. The van der Waals surface area contributed by atoms with Crippen molar-refractivity contribution in [1.82, 2.24) is 0 Å². The Morgan fingerprint density at radius 1 is 0.867 bits per heavy atom. The second-order valence-corrected chi connectivity index (χ2v) is 8.84. The molecule has 1 rings (SSSR count). The number of ether oxygens (including phenoxy) is 4. The standard InChI is InChI=1S/C25H48O5/c1-4-6-7-8-9-10-11-12-13-14-15-16-17-18-19-27-21-23-22-29-25(3,30-23)20-24(26)28-5-2/h23H,4-22H2,1-3H3. The first kappa shape index (κ1) is 27.4. The molecule has 0 aliphatic carbocycles. The van der Waals surface area contributed by atoms with Gasteiger partial charge in [-0.05, 0) is 20.3 Å². The molecule has 178 valence electrons. The van der Waals surface area contributed by atoms with Gasteiger partial charge < -0.3 is 18.9 Å². The molecule has 0 saturated carbocycles. The highest BCUT2D eigenvalue weighted by atomic mass is 16.8. The van der Waals surface area contributed by atoms with Crippen molar-refractivity contribution < 1.29 is 23.7 Å². The van der Waals surface area contributed by atoms with Gasteiger partial charge in [-0.15, -0.1) is 0 Å². The van der Waals surface area contributed by atoms with Gasteiger partial charge >= 0.3 is 5.97 Å². The summed E-state index contributed by atoms with van der Waals surface area (Å²) in [7, 11) is 0. The van der Waals surface area contributed by atoms with Crippen molar-refractivity contribution in [2.45, 2.75) is 129 Å². The Bertz CT molecular complexity index is 414. The molecule has 5 nitrogen and oxygen atoms in total. The van der Waals surface area contributed by atoms with Crippen molar-refractivity contribution in [2.24, 2.45) is 0 Å². The smallest absolute Gasteiger partial charge is 0.311 e. The fourth-order valence-corrected chi connectivity index (χ4v) is 3.95. The van der Waals surface area contributed by atoms with Gasteiger partial charge in [0.15, 0.2) is 5.79 Å². The van der Waals surface area contributed by atoms with Gasteiger partial charge in [0.05, 0.1) is 26.2 Å². The van der Waals surface area contributed by atoms with E-state index in [4.69, 9.17) is 18.9 Å². The van der Waals surface area contributed by atoms with Gasteiger partial charge in [-0.3, -0.25) is 4.79 Å². The van der Waals surface area contributed by atoms with Gasteiger partial charge in [-0.25, -0.2) is 0 Å². The highest BCUT2D eigenvalue weighted by molar-refractivity contribution is 5.70. The zero-order chi connectivity index (χ0) is 21.9. The maximum absolute atomic E-state index is 11.6. The van der Waals surface area contributed by atoms with Crippen LogP contribution in [0.5, 0.6) is 0 Å². The number of unbranched alkanes of at least 4 members (excludes halogenated alkanes) is 13. The van der Waals surface area contributed by atoms with Crippen LogP contribution in [0.1, 0.15) is 117 Å². The third-order valence-electron chi connectivity index (χ3n) is 5.71. The minimum Gasteiger partial charge on any atom is -0.466 e. The molecule has 0 spiro atoms. The summed E-state index contributed by atoms with van der Waals surface area (Å²) in [6.45, 7) is 8.00. The third kappa shape index (κ3) is 14.4. The van der Waals surface area contributed by atoms with Crippen molar-refractivity contribution in [2.75, 3.05) is 26.4 Å². The highest BCUT2D eigenvalue weighted by Crippen LogP contribution is 2.27. The largest absolute Gasteiger partial charge is 0.466 e. The minimum absolute atomic E-state index is 0.101. The first-order valence-corrected chi connectivity index (χ1v) is 12.6. The molecule has 1 aliphatic rings. The van der Waals surface area contributed by atoms with Crippen LogP contribution in [0.4, 0.5) is 0 Å². The first-order valence-electron chi connectivity index (χ1n) is 12.6. The van der Waals surface area contributed by atoms with Crippen LogP contribution in [0.3, 0.4) is 0 Å². The lowest BCUT2D eigenvalue weighted by Gasteiger charge is -2.22. The van der Waals surface area contributed by atoms with Gasteiger partial charge in [0.1, 0.15) is 6.10 Å². The summed E-state index contributed by atoms with van der Waals surface area (Å²) in [5.41, 5.74) is 0. The van der Waals surface area contributed by atoms with Gasteiger partial charge in [0.2, 0.25) is 0 Å². The quantitative estimate of drug-likeness (QED) is 0.162. The van der Waals surface area contributed by atoms with E-state index in [1.807, 2.05) is 0 Å². The lowest BCUT2D eigenvalue weighted by Crippen LogP contribution is -2.31. The average molecular weight is 429 g/mol. The minimum atomic E-state index is -0.880. The Hall–Kier alpha value is -0.650. The highest BCUT2D eigenvalue weighted by Gasteiger charge is 2.39. The van der Waals surface area contributed by atoms with Crippen LogP contribution in [0.2, 0.25) is 0 Å². The second kappa shape index (κ2) is 18.0. The van der Waals surface area contributed by atoms with E-state index in [9.17, 15) is 4.79 Å². The van der Waals surface area contributed by atoms with E-state index < -0.39 is 5.79 Å². The Morgan fingerprint density at radius 3 is 1.93 bits per heavy atom. The lowest BCUT2D eigenvalue weighted by molar-refractivity contribution is -0.182. The van der Waals surface area contributed by atoms with E-state index in [1.165, 1.54) is 83.5 Å². The van der Waals surface area contributed by atoms with E-state index in [0.29, 0.717) is 19.8 Å². The summed E-state index contributed by atoms with van der Waals surface area (Å²) in [5.74, 6) is -1.17. The molecule has 2 unspecified atom stereocenters. The van der Waals surface area contributed by atoms with Crippen LogP contribution < -0.4 is 0 Å². The fraction of sp³-hybridized carbons (Fsp3) is 0.960. The number of carbonyl (C=O) groups is 1. The van der Waals surface area contributed by atoms with E-state index in [1.54, 1.807) is 13.8 Å². The molecule has 0 N–H and O–H groups in total. The number of esters is 1. The van der Waals surface area contributed by atoms with Gasteiger partial charge in [0.25, 0.3) is 0 Å². The fourth-order valence-electron chi connectivity index (χ4n) is 3.95. The summed E-state index contributed by atoms with van der Waals surface area (Å²) in [6, 6.07) is 0. The van der Waals surface area contributed by atoms with E-state index in [2.05, 4.69) is 6.92 Å². The van der Waals surface area contributed by atoms with Crippen LogP contribution in [0, 0.1) is 0 Å². The molecule has 1 aliphatic heterocycles. The topological polar surface area (TPSA) is 54.0 Å². The van der Waals surface area contributed by atoms with Crippen molar-refractivity contribution in [3.63, 3.8) is 0 Å². The van der Waals surface area contributed by atoms with E-state index in [-0.39, 0.29) is 18.5 Å². The molecule has 2 atom stereocenters. The van der Waals surface area contributed by atoms with Gasteiger partial charge in [-0.2, -0.15) is 0 Å². The van der Waals surface area contributed by atoms with Crippen LogP contribution in [-0.2, 0) is 23.7 Å². The summed E-state index contributed by atoms with van der Waals surface area (Å²) >= 11 is 0. The average Bonchev–Trinajstić information content (AvgIpc) is 3.08. The molecular weight excluding hydrogens is 380 g/mol. The summed E-state index contributed by atoms with van der Waals surface area (Å²) in [6.07, 6.45) is 19.1. The summed E-state index contributed by atoms with van der Waals surface area (Å²) in [4.78, 5) is 11.6. The summed E-state index contributed by atoms with van der Waals surface area (Å²) in [5, 5.41) is 0. The van der Waals surface area contributed by atoms with Crippen LogP contribution in [-0.4, -0.2) is 44.3 Å². The third-order valence-corrected chi connectivity index (χ3v) is 5.71. The Morgan fingerprint density at radius 2 is 1.40 bits per heavy atom. The number of rotatable bonds is 20. The molecule has 5 heteroatoms. The molecule has 1 heterocycles. The molecule has 0 aromatic rings. The Kier molecular flexibility index (Phi) is 16.4. The zero-order valence-corrected chi connectivity index (χ0v) is 20.1. The zero-order valence-electron chi connectivity index (χ0n) is 20.1. The van der Waals surface area contributed by atoms with E-state index >= 15 is 0 Å². The van der Waals surface area contributed by atoms with Crippen molar-refractivity contribution in [1.29, 1.82) is 0 Å². The van der Waals surface area contributed by atoms with Crippen molar-refractivity contribution >= 4 is 5.97 Å². The van der Waals surface area contributed by atoms with Gasteiger partial charge in [0, 0.05) is 6.61 Å². The molecule has 0 aromatic heterocycles. The summed E-state index contributed by atoms with van der Waals surface area (Å²) < 4.78 is 22.2. The Labute approximate surface area is 185 Å². The van der Waals surface area contributed by atoms with Crippen LogP contribution in [0.15, 0.2) is 0 Å². The molecule has 0 amide bonds. The van der Waals surface area contributed by atoms with E-state index in [0.717, 1.165) is 13.0 Å². The second-order valence-electron chi connectivity index (χ2n) is 8.84. The molecule has 0 aromatic carbocycles. The van der Waals surface area contributed by atoms with Crippen LogP contribution in [0.25, 0.3) is 0 Å². The van der Waals surface area contributed by atoms with Gasteiger partial charge in [-0.1, -0.05) is 90.4 Å². The number of hydrogen-bond donors (Lipinski definition) is 0. The number of hydrogen-bond acceptors (Lipinski definition) is 5.